The molecule has 0 bridgehead atoms. The molecule has 2 atom stereocenters. The second-order valence-corrected chi connectivity index (χ2v) is 7.29. The van der Waals surface area contributed by atoms with Crippen molar-refractivity contribution in [3.05, 3.63) is 69.3 Å². The maximum absolute atomic E-state index is 12.6. The Balaban J connectivity index is 1.59. The molecule has 154 valence electrons. The van der Waals surface area contributed by atoms with Crippen LogP contribution in [0.25, 0.3) is 0 Å². The summed E-state index contributed by atoms with van der Waals surface area (Å²) in [6.07, 6.45) is 2.78. The van der Waals surface area contributed by atoms with Gasteiger partial charge in [0.1, 0.15) is 17.4 Å². The van der Waals surface area contributed by atoms with Crippen molar-refractivity contribution < 1.29 is 18.7 Å². The summed E-state index contributed by atoms with van der Waals surface area (Å²) in [7, 11) is 1.33. The monoisotopic (exact) mass is 398 g/mol. The highest BCUT2D eigenvalue weighted by Gasteiger charge is 2.31. The third-order valence-corrected chi connectivity index (χ3v) is 5.11. The van der Waals surface area contributed by atoms with Gasteiger partial charge in [0.15, 0.2) is 0 Å². The van der Waals surface area contributed by atoms with Crippen LogP contribution < -0.4 is 16.3 Å². The van der Waals surface area contributed by atoms with E-state index in [1.165, 1.54) is 12.7 Å². The van der Waals surface area contributed by atoms with Crippen molar-refractivity contribution >= 4 is 11.9 Å². The van der Waals surface area contributed by atoms with E-state index in [9.17, 15) is 14.4 Å². The zero-order chi connectivity index (χ0) is 20.8. The Morgan fingerprint density at radius 2 is 2.00 bits per heavy atom. The predicted molar refractivity (Wildman–Crippen MR) is 108 cm³/mol. The lowest BCUT2D eigenvalue weighted by atomic mass is 10.1. The number of esters is 1. The Morgan fingerprint density at radius 1 is 1.24 bits per heavy atom. The standard InChI is InChI=1S/C22H26N2O5/c1-14-11-17(10-6-9-15-7-4-3-5-8-15)29-22(27)19(14)20(25)24-16-12-18(23-13-16)21(26)28-2/h3-5,7-8,11,16,18,23H,6,9-10,12-13H2,1-2H3,(H,24,25)/t16-,18-/m0/s1. The zero-order valence-electron chi connectivity index (χ0n) is 16.7. The first kappa shape index (κ1) is 20.8. The number of methoxy groups -OCH3 is 1. The molecule has 0 saturated carbocycles. The summed E-state index contributed by atoms with van der Waals surface area (Å²) in [6, 6.07) is 11.2. The van der Waals surface area contributed by atoms with Gasteiger partial charge in [-0.2, -0.15) is 0 Å². The van der Waals surface area contributed by atoms with Gasteiger partial charge in [0.05, 0.1) is 7.11 Å². The summed E-state index contributed by atoms with van der Waals surface area (Å²) >= 11 is 0. The van der Waals surface area contributed by atoms with E-state index in [-0.39, 0.29) is 17.6 Å². The number of carbonyl (C=O) groups excluding carboxylic acids is 2. The fourth-order valence-electron chi connectivity index (χ4n) is 3.61. The fourth-order valence-corrected chi connectivity index (χ4v) is 3.61. The average Bonchev–Trinajstić information content (AvgIpc) is 3.16. The Kier molecular flexibility index (Phi) is 6.82. The molecule has 2 heterocycles. The molecule has 0 aliphatic carbocycles. The first-order valence-corrected chi connectivity index (χ1v) is 9.77. The Labute approximate surface area is 169 Å². The van der Waals surface area contributed by atoms with Crippen LogP contribution in [0.3, 0.4) is 0 Å². The highest BCUT2D eigenvalue weighted by atomic mass is 16.5. The van der Waals surface area contributed by atoms with Crippen molar-refractivity contribution in [1.82, 2.24) is 10.6 Å². The van der Waals surface area contributed by atoms with Crippen molar-refractivity contribution in [2.45, 2.75) is 44.7 Å². The Bertz CT molecular complexity index is 923. The van der Waals surface area contributed by atoms with Crippen LogP contribution >= 0.6 is 0 Å². The topological polar surface area (TPSA) is 97.6 Å². The quantitative estimate of drug-likeness (QED) is 0.690. The van der Waals surface area contributed by atoms with Gasteiger partial charge in [-0.3, -0.25) is 9.59 Å². The number of ether oxygens (including phenoxy) is 1. The fraction of sp³-hybridized carbons (Fsp3) is 0.409. The minimum Gasteiger partial charge on any atom is -0.468 e. The minimum absolute atomic E-state index is 0.0123. The van der Waals surface area contributed by atoms with E-state index in [0.29, 0.717) is 30.7 Å². The van der Waals surface area contributed by atoms with Gasteiger partial charge in [-0.15, -0.1) is 0 Å². The van der Waals surface area contributed by atoms with Crippen LogP contribution in [-0.4, -0.2) is 37.6 Å². The maximum Gasteiger partial charge on any atom is 0.349 e. The van der Waals surface area contributed by atoms with Gasteiger partial charge < -0.3 is 19.8 Å². The summed E-state index contributed by atoms with van der Waals surface area (Å²) in [6.45, 7) is 2.17. The number of aryl methyl sites for hydroxylation is 3. The molecule has 7 heteroatoms. The number of carbonyl (C=O) groups is 2. The summed E-state index contributed by atoms with van der Waals surface area (Å²) < 4.78 is 10.1. The van der Waals surface area contributed by atoms with Gasteiger partial charge >= 0.3 is 11.6 Å². The first-order chi connectivity index (χ1) is 14.0. The van der Waals surface area contributed by atoms with Crippen LogP contribution in [-0.2, 0) is 22.4 Å². The van der Waals surface area contributed by atoms with Gasteiger partial charge in [0.2, 0.25) is 0 Å². The van der Waals surface area contributed by atoms with Crippen molar-refractivity contribution in [3.8, 4) is 0 Å². The van der Waals surface area contributed by atoms with E-state index < -0.39 is 17.6 Å². The summed E-state index contributed by atoms with van der Waals surface area (Å²) in [4.78, 5) is 36.6. The van der Waals surface area contributed by atoms with E-state index in [2.05, 4.69) is 22.8 Å². The molecule has 1 amide bonds. The van der Waals surface area contributed by atoms with Crippen LogP contribution in [0.5, 0.6) is 0 Å². The highest BCUT2D eigenvalue weighted by molar-refractivity contribution is 5.95. The van der Waals surface area contributed by atoms with E-state index in [4.69, 9.17) is 9.15 Å². The minimum atomic E-state index is -0.632. The van der Waals surface area contributed by atoms with Gasteiger partial charge in [-0.25, -0.2) is 4.79 Å². The second-order valence-electron chi connectivity index (χ2n) is 7.29. The summed E-state index contributed by atoms with van der Waals surface area (Å²) in [5.41, 5.74) is 1.20. The smallest absolute Gasteiger partial charge is 0.349 e. The van der Waals surface area contributed by atoms with Crippen molar-refractivity contribution in [2.75, 3.05) is 13.7 Å². The number of hydrogen-bond acceptors (Lipinski definition) is 6. The van der Waals surface area contributed by atoms with Crippen LogP contribution in [0.15, 0.2) is 45.6 Å². The highest BCUT2D eigenvalue weighted by Crippen LogP contribution is 2.13. The van der Waals surface area contributed by atoms with Crippen LogP contribution in [0.2, 0.25) is 0 Å². The molecule has 1 aliphatic heterocycles. The van der Waals surface area contributed by atoms with E-state index in [0.717, 1.165) is 12.8 Å². The molecule has 7 nitrogen and oxygen atoms in total. The Hall–Kier alpha value is -2.93. The molecule has 1 aromatic carbocycles. The molecular weight excluding hydrogens is 372 g/mol. The third-order valence-electron chi connectivity index (χ3n) is 5.11. The molecule has 0 unspecified atom stereocenters. The predicted octanol–water partition coefficient (Wildman–Crippen LogP) is 1.76. The average molecular weight is 398 g/mol. The molecule has 1 saturated heterocycles. The molecule has 2 aromatic rings. The molecular formula is C22H26N2O5. The number of amides is 1. The summed E-state index contributed by atoms with van der Waals surface area (Å²) in [5, 5.41) is 5.80. The third kappa shape index (κ3) is 5.32. The molecule has 0 spiro atoms. The van der Waals surface area contributed by atoms with Gasteiger partial charge in [0, 0.05) is 19.0 Å². The largest absolute Gasteiger partial charge is 0.468 e. The first-order valence-electron chi connectivity index (χ1n) is 9.77. The van der Waals surface area contributed by atoms with Crippen molar-refractivity contribution in [1.29, 1.82) is 0 Å². The van der Waals surface area contributed by atoms with Crippen LogP contribution in [0.4, 0.5) is 0 Å². The van der Waals surface area contributed by atoms with E-state index >= 15 is 0 Å². The lowest BCUT2D eigenvalue weighted by Gasteiger charge is -2.13. The van der Waals surface area contributed by atoms with Gasteiger partial charge in [0.25, 0.3) is 5.91 Å². The Morgan fingerprint density at radius 3 is 2.69 bits per heavy atom. The van der Waals surface area contributed by atoms with Gasteiger partial charge in [-0.05, 0) is 43.4 Å². The lowest BCUT2D eigenvalue weighted by molar-refractivity contribution is -0.142. The number of nitrogens with one attached hydrogen (secondary N) is 2. The molecule has 1 aromatic heterocycles. The van der Waals surface area contributed by atoms with E-state index in [1.807, 2.05) is 18.2 Å². The van der Waals surface area contributed by atoms with E-state index in [1.54, 1.807) is 13.0 Å². The number of rotatable bonds is 7. The molecule has 1 aliphatic rings. The van der Waals surface area contributed by atoms with Crippen molar-refractivity contribution in [3.63, 3.8) is 0 Å². The molecule has 29 heavy (non-hydrogen) atoms. The maximum atomic E-state index is 12.6. The summed E-state index contributed by atoms with van der Waals surface area (Å²) in [5.74, 6) is -0.269. The van der Waals surface area contributed by atoms with Crippen LogP contribution in [0, 0.1) is 6.92 Å². The molecule has 1 fully saturated rings. The SMILES string of the molecule is COC(=O)[C@@H]1C[C@H](NC(=O)c2c(C)cc(CCCc3ccccc3)oc2=O)CN1. The van der Waals surface area contributed by atoms with Crippen LogP contribution in [0.1, 0.15) is 40.1 Å². The second kappa shape index (κ2) is 9.52. The van der Waals surface area contributed by atoms with Crippen molar-refractivity contribution in [2.24, 2.45) is 0 Å². The normalized spacial score (nSPS) is 18.4. The molecule has 3 rings (SSSR count). The lowest BCUT2D eigenvalue weighted by Crippen LogP contribution is -2.38. The number of benzene rings is 1. The number of hydrogen-bond donors (Lipinski definition) is 2. The zero-order valence-corrected chi connectivity index (χ0v) is 16.7. The molecule has 2 N–H and O–H groups in total. The van der Waals surface area contributed by atoms with Gasteiger partial charge in [-0.1, -0.05) is 30.3 Å². The molecule has 0 radical (unpaired) electrons.